The van der Waals surface area contributed by atoms with Gasteiger partial charge in [-0.15, -0.1) is 0 Å². The molecular formula is C23H27BrN2O6. The van der Waals surface area contributed by atoms with E-state index in [1.165, 1.54) is 11.6 Å². The Morgan fingerprint density at radius 2 is 1.94 bits per heavy atom. The first-order valence-electron chi connectivity index (χ1n) is 10.1. The van der Waals surface area contributed by atoms with Gasteiger partial charge in [-0.25, -0.2) is 10.3 Å². The predicted octanol–water partition coefficient (Wildman–Crippen LogP) is 4.59. The minimum absolute atomic E-state index is 0.0967. The van der Waals surface area contributed by atoms with Gasteiger partial charge in [-0.3, -0.25) is 15.3 Å². The molecule has 0 aliphatic heterocycles. The van der Waals surface area contributed by atoms with Crippen LogP contribution in [0.1, 0.15) is 31.4 Å². The SMILES string of the molecule is C[C@H](CC/C=C/C(=O)NO)[C@H](OC(=O)Nc1ccc(Br)cc1)c1cccc(OCCO)c1. The molecule has 0 aliphatic rings. The zero-order valence-corrected chi connectivity index (χ0v) is 19.2. The van der Waals surface area contributed by atoms with Crippen molar-refractivity contribution in [3.63, 3.8) is 0 Å². The molecule has 0 saturated heterocycles. The lowest BCUT2D eigenvalue weighted by Crippen LogP contribution is -2.22. The normalized spacial score (nSPS) is 12.8. The van der Waals surface area contributed by atoms with Crippen molar-refractivity contribution < 1.29 is 29.4 Å². The van der Waals surface area contributed by atoms with Gasteiger partial charge in [0.2, 0.25) is 0 Å². The van der Waals surface area contributed by atoms with Crippen molar-refractivity contribution in [2.24, 2.45) is 5.92 Å². The summed E-state index contributed by atoms with van der Waals surface area (Å²) in [7, 11) is 0. The lowest BCUT2D eigenvalue weighted by atomic mass is 9.93. The van der Waals surface area contributed by atoms with Crippen molar-refractivity contribution in [1.82, 2.24) is 5.48 Å². The van der Waals surface area contributed by atoms with Crippen LogP contribution >= 0.6 is 15.9 Å². The number of hydroxylamine groups is 1. The highest BCUT2D eigenvalue weighted by atomic mass is 79.9. The second-order valence-corrected chi connectivity index (χ2v) is 7.95. The summed E-state index contributed by atoms with van der Waals surface area (Å²) < 4.78 is 12.2. The number of hydrogen-bond acceptors (Lipinski definition) is 6. The highest BCUT2D eigenvalue weighted by molar-refractivity contribution is 9.10. The van der Waals surface area contributed by atoms with Crippen molar-refractivity contribution in [1.29, 1.82) is 0 Å². The van der Waals surface area contributed by atoms with Crippen LogP contribution in [0.5, 0.6) is 5.75 Å². The molecule has 4 N–H and O–H groups in total. The van der Waals surface area contributed by atoms with Crippen molar-refractivity contribution in [3.05, 3.63) is 70.7 Å². The van der Waals surface area contributed by atoms with E-state index in [0.29, 0.717) is 24.3 Å². The molecule has 0 saturated carbocycles. The number of allylic oxidation sites excluding steroid dienone is 1. The van der Waals surface area contributed by atoms with Crippen LogP contribution < -0.4 is 15.5 Å². The second kappa shape index (κ2) is 13.5. The number of rotatable bonds is 11. The Hall–Kier alpha value is -2.88. The number of aliphatic hydroxyl groups excluding tert-OH is 1. The third-order valence-corrected chi connectivity index (χ3v) is 5.08. The summed E-state index contributed by atoms with van der Waals surface area (Å²) in [6, 6.07) is 14.3. The smallest absolute Gasteiger partial charge is 0.412 e. The predicted molar refractivity (Wildman–Crippen MR) is 123 cm³/mol. The average Bonchev–Trinajstić information content (AvgIpc) is 2.80. The molecule has 0 fully saturated rings. The molecule has 32 heavy (non-hydrogen) atoms. The van der Waals surface area contributed by atoms with E-state index in [1.54, 1.807) is 36.4 Å². The Morgan fingerprint density at radius 1 is 1.19 bits per heavy atom. The summed E-state index contributed by atoms with van der Waals surface area (Å²) in [5, 5.41) is 20.3. The van der Waals surface area contributed by atoms with Crippen LogP contribution in [0.25, 0.3) is 0 Å². The molecule has 2 atom stereocenters. The van der Waals surface area contributed by atoms with E-state index in [-0.39, 0.29) is 19.1 Å². The topological polar surface area (TPSA) is 117 Å². The quantitative estimate of drug-likeness (QED) is 0.201. The number of ether oxygens (including phenoxy) is 2. The Labute approximate surface area is 195 Å². The lowest BCUT2D eigenvalue weighted by Gasteiger charge is -2.25. The second-order valence-electron chi connectivity index (χ2n) is 7.04. The van der Waals surface area contributed by atoms with Gasteiger partial charge < -0.3 is 14.6 Å². The van der Waals surface area contributed by atoms with Crippen LogP contribution in [0.3, 0.4) is 0 Å². The van der Waals surface area contributed by atoms with Crippen LogP contribution in [0, 0.1) is 5.92 Å². The van der Waals surface area contributed by atoms with Gasteiger partial charge in [-0.1, -0.05) is 41.1 Å². The van der Waals surface area contributed by atoms with Crippen molar-refractivity contribution in [3.8, 4) is 5.75 Å². The number of benzene rings is 2. The Bertz CT molecular complexity index is 904. The fourth-order valence-corrected chi connectivity index (χ4v) is 3.26. The van der Waals surface area contributed by atoms with E-state index >= 15 is 0 Å². The first-order valence-corrected chi connectivity index (χ1v) is 10.9. The minimum atomic E-state index is -0.604. The number of nitrogens with one attached hydrogen (secondary N) is 2. The van der Waals surface area contributed by atoms with Crippen molar-refractivity contribution >= 4 is 33.6 Å². The Balaban J connectivity index is 2.14. The van der Waals surface area contributed by atoms with Gasteiger partial charge >= 0.3 is 6.09 Å². The summed E-state index contributed by atoms with van der Waals surface area (Å²) in [6.45, 7) is 2.00. The molecule has 2 amide bonds. The van der Waals surface area contributed by atoms with E-state index in [1.807, 2.05) is 25.1 Å². The van der Waals surface area contributed by atoms with E-state index in [0.717, 1.165) is 10.0 Å². The fourth-order valence-electron chi connectivity index (χ4n) is 2.99. The maximum Gasteiger partial charge on any atom is 0.412 e. The van der Waals surface area contributed by atoms with Gasteiger partial charge in [0.25, 0.3) is 5.91 Å². The summed E-state index contributed by atoms with van der Waals surface area (Å²) in [6.07, 6.45) is 2.87. The lowest BCUT2D eigenvalue weighted by molar-refractivity contribution is -0.124. The highest BCUT2D eigenvalue weighted by Gasteiger charge is 2.24. The zero-order valence-electron chi connectivity index (χ0n) is 17.7. The van der Waals surface area contributed by atoms with Gasteiger partial charge in [0, 0.05) is 16.2 Å². The molecule has 0 aromatic heterocycles. The van der Waals surface area contributed by atoms with Gasteiger partial charge in [0.05, 0.1) is 6.61 Å². The van der Waals surface area contributed by atoms with Gasteiger partial charge in [0.15, 0.2) is 0 Å². The number of halogens is 1. The van der Waals surface area contributed by atoms with Crippen LogP contribution in [0.2, 0.25) is 0 Å². The van der Waals surface area contributed by atoms with Crippen LogP contribution in [-0.2, 0) is 9.53 Å². The van der Waals surface area contributed by atoms with Crippen LogP contribution in [0.15, 0.2) is 65.2 Å². The number of carbonyl (C=O) groups excluding carboxylic acids is 2. The fraction of sp³-hybridized carbons (Fsp3) is 0.304. The largest absolute Gasteiger partial charge is 0.491 e. The number of aliphatic hydroxyl groups is 1. The number of amides is 2. The monoisotopic (exact) mass is 506 g/mol. The first kappa shape index (κ1) is 25.4. The van der Waals surface area contributed by atoms with E-state index < -0.39 is 18.1 Å². The van der Waals surface area contributed by atoms with Crippen LogP contribution in [0.4, 0.5) is 10.5 Å². The van der Waals surface area contributed by atoms with E-state index in [4.69, 9.17) is 19.8 Å². The first-order chi connectivity index (χ1) is 15.4. The number of hydrogen-bond donors (Lipinski definition) is 4. The zero-order chi connectivity index (χ0) is 23.3. The summed E-state index contributed by atoms with van der Waals surface area (Å²) >= 11 is 3.35. The molecule has 0 bridgehead atoms. The molecule has 9 heteroatoms. The third kappa shape index (κ3) is 8.70. The van der Waals surface area contributed by atoms with Crippen molar-refractivity contribution in [2.45, 2.75) is 25.9 Å². The standard InChI is InChI=1S/C23H27BrN2O6/c1-16(5-2-3-8-21(28)26-30)22(17-6-4-7-20(15-17)31-14-13-27)32-23(29)25-19-11-9-18(24)10-12-19/h3-4,6-12,15-16,22,27,30H,2,5,13-14H2,1H3,(H,25,29)(H,26,28)/b8-3+/t16-,22+/m1/s1. The molecule has 2 aromatic carbocycles. The third-order valence-electron chi connectivity index (χ3n) is 4.56. The van der Waals surface area contributed by atoms with Gasteiger partial charge in [0.1, 0.15) is 18.5 Å². The number of anilines is 1. The minimum Gasteiger partial charge on any atom is -0.491 e. The molecular weight excluding hydrogens is 480 g/mol. The van der Waals surface area contributed by atoms with Gasteiger partial charge in [-0.2, -0.15) is 0 Å². The Kier molecular flexibility index (Phi) is 10.7. The molecule has 0 aliphatic carbocycles. The summed E-state index contributed by atoms with van der Waals surface area (Å²) in [5.74, 6) is -0.140. The Morgan fingerprint density at radius 3 is 2.62 bits per heavy atom. The van der Waals surface area contributed by atoms with E-state index in [9.17, 15) is 9.59 Å². The average molecular weight is 507 g/mol. The summed E-state index contributed by atoms with van der Waals surface area (Å²) in [4.78, 5) is 23.7. The molecule has 0 heterocycles. The summed E-state index contributed by atoms with van der Waals surface area (Å²) in [5.41, 5.74) is 2.89. The van der Waals surface area contributed by atoms with Crippen molar-refractivity contribution in [2.75, 3.05) is 18.5 Å². The number of carbonyl (C=O) groups is 2. The molecule has 0 spiro atoms. The highest BCUT2D eigenvalue weighted by Crippen LogP contribution is 2.32. The molecule has 2 aromatic rings. The van der Waals surface area contributed by atoms with E-state index in [2.05, 4.69) is 21.2 Å². The molecule has 172 valence electrons. The molecule has 8 nitrogen and oxygen atoms in total. The maximum atomic E-state index is 12.6. The molecule has 0 radical (unpaired) electrons. The molecule has 0 unspecified atom stereocenters. The van der Waals surface area contributed by atoms with Crippen LogP contribution in [-0.4, -0.2) is 35.5 Å². The maximum absolute atomic E-state index is 12.6. The van der Waals surface area contributed by atoms with Gasteiger partial charge in [-0.05, 0) is 60.7 Å². The molecule has 2 rings (SSSR count).